The minimum absolute atomic E-state index is 0.0525. The van der Waals surface area contributed by atoms with E-state index < -0.39 is 73.6 Å². The van der Waals surface area contributed by atoms with Crippen LogP contribution in [0.3, 0.4) is 0 Å². The third kappa shape index (κ3) is 8.19. The van der Waals surface area contributed by atoms with Crippen molar-refractivity contribution in [3.63, 3.8) is 0 Å². The van der Waals surface area contributed by atoms with Crippen LogP contribution in [-0.2, 0) is 9.59 Å². The van der Waals surface area contributed by atoms with Gasteiger partial charge in [0.2, 0.25) is 22.4 Å². The molecule has 8 rings (SSSR count). The van der Waals surface area contributed by atoms with Crippen LogP contribution in [0.2, 0.25) is 10.6 Å². The van der Waals surface area contributed by atoms with Crippen LogP contribution in [-0.4, -0.2) is 185 Å². The number of nitrogens with zero attached hydrogens (tertiary/aromatic N) is 10. The standard InChI is InChI=1S/C35H46Cl2N14O9/c36-33-44-29(23-31(46-33)50(13-38-23)19-9-17(25(56)27(19)58)42-21(54)11-52)40-15-1-5-48(6-2-15)35(60)49-7-3-16(4-8-49)41-30-24-32(47-34(37)45-30)51(14-39-24)20-10-18(26(57)28(20)59)43-22(55)12-53/h13-20,25-28,52-53,56-59H,1-12H2,(H,42,54)(H,43,55)(H,40,44,46)(H,41,45,47)/t17-,18-,19+,20+,25+,26+,27-,28-/m0/s1. The number of imidazole rings is 2. The van der Waals surface area contributed by atoms with E-state index in [0.29, 0.717) is 85.8 Å². The van der Waals surface area contributed by atoms with Gasteiger partial charge >= 0.3 is 6.03 Å². The lowest BCUT2D eigenvalue weighted by atomic mass is 10.0. The van der Waals surface area contributed by atoms with Gasteiger partial charge in [-0.25, -0.2) is 14.8 Å². The molecule has 6 heterocycles. The number of urea groups is 1. The second-order valence-corrected chi connectivity index (χ2v) is 16.3. The highest BCUT2D eigenvalue weighted by Gasteiger charge is 2.45. The number of aromatic nitrogens is 8. The largest absolute Gasteiger partial charge is 0.388 e. The first-order valence-corrected chi connectivity index (χ1v) is 20.5. The first kappa shape index (κ1) is 42.0. The normalized spacial score (nSPS) is 27.8. The molecule has 23 nitrogen and oxygen atoms in total. The number of likely N-dealkylation sites (tertiary alicyclic amines) is 2. The van der Waals surface area contributed by atoms with E-state index in [9.17, 15) is 34.8 Å². The van der Waals surface area contributed by atoms with E-state index in [2.05, 4.69) is 51.2 Å². The van der Waals surface area contributed by atoms with Crippen LogP contribution >= 0.6 is 23.2 Å². The highest BCUT2D eigenvalue weighted by Crippen LogP contribution is 2.36. The van der Waals surface area contributed by atoms with E-state index in [-0.39, 0.29) is 41.5 Å². The van der Waals surface area contributed by atoms with Crippen LogP contribution in [0.1, 0.15) is 50.6 Å². The number of carbonyl (C=O) groups is 3. The Morgan fingerprint density at radius 3 is 1.37 bits per heavy atom. The maximum atomic E-state index is 13.6. The number of hydrogen-bond donors (Lipinski definition) is 10. The minimum atomic E-state index is -1.27. The number of halogens is 2. The van der Waals surface area contributed by atoms with Gasteiger partial charge in [0.15, 0.2) is 34.0 Å². The molecule has 0 bridgehead atoms. The first-order chi connectivity index (χ1) is 28.8. The Morgan fingerprint density at radius 2 is 1.00 bits per heavy atom. The van der Waals surface area contributed by atoms with Crippen LogP contribution in [0.5, 0.6) is 0 Å². The second kappa shape index (κ2) is 17.3. The molecule has 4 aromatic heterocycles. The average Bonchev–Trinajstić information content (AvgIpc) is 3.99. The number of nitrogens with one attached hydrogen (secondary N) is 4. The summed E-state index contributed by atoms with van der Waals surface area (Å²) in [5.74, 6) is -0.550. The molecule has 0 unspecified atom stereocenters. The molecule has 2 aliphatic heterocycles. The van der Waals surface area contributed by atoms with Crippen LogP contribution in [0.4, 0.5) is 16.4 Å². The quantitative estimate of drug-likeness (QED) is 0.0781. The topological polar surface area (TPSA) is 314 Å². The van der Waals surface area contributed by atoms with Crippen molar-refractivity contribution in [2.75, 3.05) is 50.0 Å². The number of aliphatic hydroxyl groups excluding tert-OH is 6. The van der Waals surface area contributed by atoms with Gasteiger partial charge in [0, 0.05) is 38.3 Å². The van der Waals surface area contributed by atoms with E-state index in [1.165, 1.54) is 12.7 Å². The Kier molecular flexibility index (Phi) is 12.1. The number of anilines is 2. The summed E-state index contributed by atoms with van der Waals surface area (Å²) in [7, 11) is 0. The lowest BCUT2D eigenvalue weighted by molar-refractivity contribution is -0.126. The summed E-state index contributed by atoms with van der Waals surface area (Å²) in [6.45, 7) is 0.507. The monoisotopic (exact) mass is 876 g/mol. The highest BCUT2D eigenvalue weighted by molar-refractivity contribution is 6.29. The van der Waals surface area contributed by atoms with Gasteiger partial charge in [0.05, 0.1) is 36.8 Å². The van der Waals surface area contributed by atoms with E-state index in [0.717, 1.165) is 0 Å². The van der Waals surface area contributed by atoms with Crippen LogP contribution in [0.15, 0.2) is 12.7 Å². The summed E-state index contributed by atoms with van der Waals surface area (Å²) in [4.78, 5) is 67.2. The van der Waals surface area contributed by atoms with E-state index in [4.69, 9.17) is 33.4 Å². The number of hydrogen-bond acceptors (Lipinski definition) is 17. The molecule has 2 saturated carbocycles. The molecular formula is C35H46Cl2N14O9. The summed E-state index contributed by atoms with van der Waals surface area (Å²) in [6.07, 6.45) is 0.735. The Balaban J connectivity index is 0.848. The minimum Gasteiger partial charge on any atom is -0.388 e. The lowest BCUT2D eigenvalue weighted by Gasteiger charge is -2.39. The number of aliphatic hydroxyl groups is 6. The van der Waals surface area contributed by atoms with Gasteiger partial charge < -0.3 is 70.8 Å². The fourth-order valence-corrected chi connectivity index (χ4v) is 9.17. The van der Waals surface area contributed by atoms with Crippen molar-refractivity contribution in [2.45, 2.75) is 99.2 Å². The maximum absolute atomic E-state index is 13.6. The van der Waals surface area contributed by atoms with Crippen molar-refractivity contribution >= 4 is 75.0 Å². The molecular weight excluding hydrogens is 831 g/mol. The van der Waals surface area contributed by atoms with Crippen molar-refractivity contribution in [3.05, 3.63) is 23.2 Å². The Labute approximate surface area is 351 Å². The SMILES string of the molecule is O=C(CO)N[C@H]1C[C@@H](n2cnc3c(NC4CCN(C(=O)N5CCC(Nc6nc(Cl)nc7c6ncn7[C@@H]6C[C@H](NC(=O)CO)[C@@H](O)[C@H]6O)CC5)CC4)nc(Cl)nc32)[C@H](O)[C@@H]1O. The first-order valence-electron chi connectivity index (χ1n) is 19.7. The van der Waals surface area contributed by atoms with Gasteiger partial charge in [-0.15, -0.1) is 0 Å². The van der Waals surface area contributed by atoms with Gasteiger partial charge in [-0.3, -0.25) is 9.59 Å². The number of fused-ring (bicyclic) bond motifs is 2. The van der Waals surface area contributed by atoms with Crippen LogP contribution in [0, 0.1) is 0 Å². The summed E-state index contributed by atoms with van der Waals surface area (Å²) in [5.41, 5.74) is 1.48. The average molecular weight is 878 g/mol. The molecule has 0 aromatic carbocycles. The summed E-state index contributed by atoms with van der Waals surface area (Å²) in [6, 6.07) is -3.12. The molecule has 2 aliphatic carbocycles. The van der Waals surface area contributed by atoms with E-state index >= 15 is 0 Å². The number of rotatable bonds is 10. The van der Waals surface area contributed by atoms with Crippen molar-refractivity contribution in [1.29, 1.82) is 0 Å². The van der Waals surface area contributed by atoms with Crippen LogP contribution < -0.4 is 21.3 Å². The highest BCUT2D eigenvalue weighted by atomic mass is 35.5. The molecule has 4 amide bonds. The molecule has 4 aliphatic rings. The van der Waals surface area contributed by atoms with Crippen molar-refractivity contribution in [1.82, 2.24) is 59.5 Å². The molecule has 25 heteroatoms. The summed E-state index contributed by atoms with van der Waals surface area (Å²) in [5, 5.41) is 72.7. The number of amides is 4. The Bertz CT molecular complexity index is 2080. The van der Waals surface area contributed by atoms with Crippen molar-refractivity contribution in [2.24, 2.45) is 0 Å². The zero-order valence-corrected chi connectivity index (χ0v) is 33.6. The molecule has 2 saturated heterocycles. The maximum Gasteiger partial charge on any atom is 0.320 e. The predicted octanol–water partition coefficient (Wildman–Crippen LogP) is -1.87. The molecule has 324 valence electrons. The van der Waals surface area contributed by atoms with Crippen LogP contribution in [0.25, 0.3) is 22.3 Å². The van der Waals surface area contributed by atoms with Crippen molar-refractivity contribution < 1.29 is 45.0 Å². The Hall–Kier alpha value is -4.75. The molecule has 4 aromatic rings. The fourth-order valence-electron chi connectivity index (χ4n) is 8.84. The predicted molar refractivity (Wildman–Crippen MR) is 212 cm³/mol. The molecule has 8 atom stereocenters. The van der Waals surface area contributed by atoms with Gasteiger partial charge in [0.25, 0.3) is 0 Å². The van der Waals surface area contributed by atoms with E-state index in [1.807, 2.05) is 9.80 Å². The number of piperidine rings is 2. The van der Waals surface area contributed by atoms with Gasteiger partial charge in [-0.2, -0.15) is 19.9 Å². The zero-order chi connectivity index (χ0) is 42.4. The molecule has 0 radical (unpaired) electrons. The fraction of sp³-hybridized carbons (Fsp3) is 0.629. The van der Waals surface area contributed by atoms with Gasteiger partial charge in [-0.1, -0.05) is 0 Å². The summed E-state index contributed by atoms with van der Waals surface area (Å²) >= 11 is 12.7. The van der Waals surface area contributed by atoms with Gasteiger partial charge in [-0.05, 0) is 61.7 Å². The third-order valence-corrected chi connectivity index (χ3v) is 12.3. The Morgan fingerprint density at radius 1 is 0.617 bits per heavy atom. The summed E-state index contributed by atoms with van der Waals surface area (Å²) < 4.78 is 3.20. The third-order valence-electron chi connectivity index (χ3n) is 12.0. The molecule has 10 N–H and O–H groups in total. The van der Waals surface area contributed by atoms with Gasteiger partial charge in [0.1, 0.15) is 37.6 Å². The number of carbonyl (C=O) groups excluding carboxylic acids is 3. The molecule has 0 spiro atoms. The zero-order valence-electron chi connectivity index (χ0n) is 32.0. The molecule has 4 fully saturated rings. The lowest BCUT2D eigenvalue weighted by Crippen LogP contribution is -2.51. The smallest absolute Gasteiger partial charge is 0.320 e. The second-order valence-electron chi connectivity index (χ2n) is 15.7. The molecule has 60 heavy (non-hydrogen) atoms. The van der Waals surface area contributed by atoms with Crippen molar-refractivity contribution in [3.8, 4) is 0 Å². The van der Waals surface area contributed by atoms with E-state index in [1.54, 1.807) is 9.13 Å².